The number of nitrogen functional groups attached to an aromatic ring is 1. The van der Waals surface area contributed by atoms with E-state index >= 15 is 0 Å². The Morgan fingerprint density at radius 1 is 1.30 bits per heavy atom. The summed E-state index contributed by atoms with van der Waals surface area (Å²) in [6.07, 6.45) is 1.56. The molecule has 160 valence electrons. The van der Waals surface area contributed by atoms with Gasteiger partial charge in [-0.15, -0.1) is 23.1 Å². The summed E-state index contributed by atoms with van der Waals surface area (Å²) in [5.41, 5.74) is 6.03. The first kappa shape index (κ1) is 21.1. The van der Waals surface area contributed by atoms with Crippen molar-refractivity contribution in [3.8, 4) is 11.3 Å². The molecule has 3 heterocycles. The van der Waals surface area contributed by atoms with Crippen molar-refractivity contribution in [3.63, 3.8) is 0 Å². The van der Waals surface area contributed by atoms with Crippen LogP contribution in [0.25, 0.3) is 21.5 Å². The summed E-state index contributed by atoms with van der Waals surface area (Å²) in [4.78, 5) is 14.7. The second-order valence-corrected chi connectivity index (χ2v) is 9.69. The monoisotopic (exact) mass is 455 g/mol. The van der Waals surface area contributed by atoms with Crippen LogP contribution in [-0.2, 0) is 6.18 Å². The fourth-order valence-corrected chi connectivity index (χ4v) is 5.89. The molecule has 3 aromatic rings. The summed E-state index contributed by atoms with van der Waals surface area (Å²) >= 11 is 2.75. The van der Waals surface area contributed by atoms with Crippen LogP contribution >= 0.6 is 23.1 Å². The first-order chi connectivity index (χ1) is 14.3. The highest BCUT2D eigenvalue weighted by molar-refractivity contribution is 8.02. The molecule has 0 atom stereocenters. The Bertz CT molecular complexity index is 1050. The quantitative estimate of drug-likeness (QED) is 0.569. The van der Waals surface area contributed by atoms with Gasteiger partial charge in [0.25, 0.3) is 0 Å². The van der Waals surface area contributed by atoms with Gasteiger partial charge in [-0.05, 0) is 18.9 Å². The van der Waals surface area contributed by atoms with Crippen molar-refractivity contribution in [2.24, 2.45) is 0 Å². The largest absolute Gasteiger partial charge is 0.417 e. The molecule has 0 aliphatic heterocycles. The Hall–Kier alpha value is -2.11. The van der Waals surface area contributed by atoms with Crippen molar-refractivity contribution in [3.05, 3.63) is 24.0 Å². The molecule has 0 spiro atoms. The second-order valence-electron chi connectivity index (χ2n) is 7.12. The van der Waals surface area contributed by atoms with Crippen LogP contribution in [0.3, 0.4) is 0 Å². The zero-order valence-electron chi connectivity index (χ0n) is 16.1. The minimum Gasteiger partial charge on any atom is -0.397 e. The van der Waals surface area contributed by atoms with Crippen LogP contribution < -0.4 is 10.6 Å². The van der Waals surface area contributed by atoms with Gasteiger partial charge in [0.15, 0.2) is 0 Å². The predicted molar refractivity (Wildman–Crippen MR) is 114 cm³/mol. The standard InChI is InChI=1S/C19H20F3N5OS2/c1-27(5-6-28)18-24-8-10(9-25-18)13-7-12(19(20,21)22)14-15(23)17(30-16(14)26-13)29-11-3-2-4-11/h7-9,11,28H,2-6,23H2,1H3. The summed E-state index contributed by atoms with van der Waals surface area (Å²) in [7, 11) is 1.72. The molecule has 0 aromatic carbocycles. The lowest BCUT2D eigenvalue weighted by Crippen LogP contribution is -2.23. The molecule has 0 bridgehead atoms. The zero-order chi connectivity index (χ0) is 21.5. The number of thioether (sulfide) groups is 1. The minimum atomic E-state index is -4.56. The van der Waals surface area contributed by atoms with Gasteiger partial charge >= 0.3 is 6.18 Å². The number of pyridine rings is 1. The van der Waals surface area contributed by atoms with E-state index in [1.807, 2.05) is 0 Å². The second kappa shape index (κ2) is 8.20. The molecule has 0 amide bonds. The summed E-state index contributed by atoms with van der Waals surface area (Å²) < 4.78 is 42.2. The lowest BCUT2D eigenvalue weighted by atomic mass is 10.0. The van der Waals surface area contributed by atoms with Crippen LogP contribution in [0, 0.1) is 0 Å². The molecular formula is C19H20F3N5OS2. The summed E-state index contributed by atoms with van der Waals surface area (Å²) in [5.74, 6) is 0.365. The van der Waals surface area contributed by atoms with Gasteiger partial charge in [0.2, 0.25) is 5.95 Å². The van der Waals surface area contributed by atoms with E-state index in [0.29, 0.717) is 27.5 Å². The van der Waals surface area contributed by atoms with Crippen molar-refractivity contribution < 1.29 is 18.3 Å². The Kier molecular flexibility index (Phi) is 5.78. The molecule has 6 nitrogen and oxygen atoms in total. The number of thiophene rings is 1. The Labute approximate surface area is 179 Å². The van der Waals surface area contributed by atoms with Crippen LogP contribution in [0.15, 0.2) is 22.7 Å². The van der Waals surface area contributed by atoms with Gasteiger partial charge in [-0.25, -0.2) is 15.0 Å². The van der Waals surface area contributed by atoms with Crippen molar-refractivity contribution in [2.75, 3.05) is 30.8 Å². The molecule has 4 rings (SSSR count). The van der Waals surface area contributed by atoms with Crippen LogP contribution in [-0.4, -0.2) is 45.5 Å². The van der Waals surface area contributed by atoms with Crippen LogP contribution in [0.5, 0.6) is 0 Å². The number of fused-ring (bicyclic) bond motifs is 1. The third-order valence-electron chi connectivity index (χ3n) is 5.01. The van der Waals surface area contributed by atoms with Crippen molar-refractivity contribution in [1.82, 2.24) is 15.0 Å². The van der Waals surface area contributed by atoms with Gasteiger partial charge in [0, 0.05) is 42.2 Å². The third-order valence-corrected chi connectivity index (χ3v) is 7.68. The summed E-state index contributed by atoms with van der Waals surface area (Å²) in [6.45, 7) is 0.285. The molecule has 3 N–H and O–H groups in total. The highest BCUT2D eigenvalue weighted by Crippen LogP contribution is 2.49. The molecule has 3 aromatic heterocycles. The number of rotatable bonds is 6. The third kappa shape index (κ3) is 4.06. The fraction of sp³-hybridized carbons (Fsp3) is 0.421. The molecule has 11 heteroatoms. The number of alkyl halides is 3. The first-order valence-corrected chi connectivity index (χ1v) is 11.1. The van der Waals surface area contributed by atoms with Crippen LogP contribution in [0.2, 0.25) is 0 Å². The van der Waals surface area contributed by atoms with E-state index in [-0.39, 0.29) is 28.2 Å². The molecule has 1 saturated carbocycles. The maximum Gasteiger partial charge on any atom is 0.417 e. The molecule has 30 heavy (non-hydrogen) atoms. The number of hydrogen-bond donors (Lipinski definition) is 2. The smallest absolute Gasteiger partial charge is 0.397 e. The Morgan fingerprint density at radius 3 is 2.57 bits per heavy atom. The normalized spacial score (nSPS) is 14.8. The minimum absolute atomic E-state index is 0.0294. The van der Waals surface area contributed by atoms with Gasteiger partial charge < -0.3 is 15.7 Å². The van der Waals surface area contributed by atoms with E-state index in [9.17, 15) is 13.2 Å². The number of aliphatic hydroxyl groups excluding tert-OH is 1. The van der Waals surface area contributed by atoms with Gasteiger partial charge in [-0.1, -0.05) is 6.42 Å². The molecular weight excluding hydrogens is 435 g/mol. The van der Waals surface area contributed by atoms with E-state index in [2.05, 4.69) is 15.0 Å². The topological polar surface area (TPSA) is 88.2 Å². The average Bonchev–Trinajstić information content (AvgIpc) is 2.99. The van der Waals surface area contributed by atoms with Crippen LogP contribution in [0.1, 0.15) is 24.8 Å². The maximum atomic E-state index is 13.9. The number of nitrogens with two attached hydrogens (primary N) is 1. The van der Waals surface area contributed by atoms with E-state index in [1.165, 1.54) is 23.7 Å². The van der Waals surface area contributed by atoms with Gasteiger partial charge in [-0.2, -0.15) is 13.2 Å². The molecule has 0 saturated heterocycles. The lowest BCUT2D eigenvalue weighted by molar-refractivity contribution is -0.136. The van der Waals surface area contributed by atoms with Crippen molar-refractivity contribution in [2.45, 2.75) is 34.9 Å². The molecule has 1 fully saturated rings. The van der Waals surface area contributed by atoms with E-state index < -0.39 is 11.7 Å². The Balaban J connectivity index is 1.77. The van der Waals surface area contributed by atoms with Crippen LogP contribution in [0.4, 0.5) is 24.8 Å². The van der Waals surface area contributed by atoms with Gasteiger partial charge in [0.1, 0.15) is 4.83 Å². The Morgan fingerprint density at radius 2 is 2.00 bits per heavy atom. The number of halogens is 3. The van der Waals surface area contributed by atoms with E-state index in [4.69, 9.17) is 10.8 Å². The van der Waals surface area contributed by atoms with Crippen molar-refractivity contribution >= 4 is 45.0 Å². The lowest BCUT2D eigenvalue weighted by Gasteiger charge is -2.23. The number of nitrogens with zero attached hydrogens (tertiary/aromatic N) is 4. The number of likely N-dealkylation sites (N-methyl/N-ethyl adjacent to an activating group) is 1. The van der Waals surface area contributed by atoms with E-state index in [0.717, 1.165) is 25.3 Å². The molecule has 0 unspecified atom stereocenters. The van der Waals surface area contributed by atoms with Crippen molar-refractivity contribution in [1.29, 1.82) is 0 Å². The van der Waals surface area contributed by atoms with Gasteiger partial charge in [0.05, 0.1) is 27.8 Å². The number of anilines is 2. The molecule has 1 aliphatic carbocycles. The number of hydrogen-bond acceptors (Lipinski definition) is 8. The molecule has 0 radical (unpaired) electrons. The highest BCUT2D eigenvalue weighted by atomic mass is 32.2. The highest BCUT2D eigenvalue weighted by Gasteiger charge is 2.36. The average molecular weight is 456 g/mol. The summed E-state index contributed by atoms with van der Waals surface area (Å²) in [5, 5.41) is 9.39. The van der Waals surface area contributed by atoms with Gasteiger partial charge in [-0.3, -0.25) is 0 Å². The fourth-order valence-electron chi connectivity index (χ4n) is 3.10. The number of aliphatic hydroxyl groups is 1. The number of aromatic nitrogens is 3. The van der Waals surface area contributed by atoms with E-state index in [1.54, 1.807) is 23.7 Å². The zero-order valence-corrected chi connectivity index (χ0v) is 17.7. The maximum absolute atomic E-state index is 13.9. The predicted octanol–water partition coefficient (Wildman–Crippen LogP) is 4.43. The molecule has 1 aliphatic rings. The first-order valence-electron chi connectivity index (χ1n) is 9.39. The summed E-state index contributed by atoms with van der Waals surface area (Å²) in [6, 6.07) is 1.01. The SMILES string of the molecule is CN(CCO)c1ncc(-c2cc(C(F)(F)F)c3c(N)c(SC4CCC4)sc3n2)cn1.